The van der Waals surface area contributed by atoms with Crippen LogP contribution in [0.25, 0.3) is 10.2 Å². The first kappa shape index (κ1) is 17.3. The van der Waals surface area contributed by atoms with Crippen molar-refractivity contribution in [2.24, 2.45) is 23.7 Å². The summed E-state index contributed by atoms with van der Waals surface area (Å²) in [5.41, 5.74) is 9.67. The van der Waals surface area contributed by atoms with Crippen LogP contribution in [0.15, 0.2) is 6.07 Å². The quantitative estimate of drug-likeness (QED) is 0.774. The zero-order valence-electron chi connectivity index (χ0n) is 16.6. The second-order valence-corrected chi connectivity index (χ2v) is 11.3. The van der Waals surface area contributed by atoms with Gasteiger partial charge < -0.3 is 11.1 Å². The molecule has 2 aromatic rings. The molecule has 4 bridgehead atoms. The van der Waals surface area contributed by atoms with E-state index in [2.05, 4.69) is 18.3 Å². The standard InChI is InChI=1S/C23H29N3OS/c1-12-2-3-18-16(4-12)8-17-19(24)20(28-22(17)25-18)21(27)26-23-9-13-5-14(10-23)7-15(6-13)11-23/h8,12-15H,2-7,9-11,24H2,1H3,(H,26,27). The molecule has 5 aliphatic carbocycles. The lowest BCUT2D eigenvalue weighted by atomic mass is 9.53. The Balaban J connectivity index is 1.32. The van der Waals surface area contributed by atoms with E-state index >= 15 is 0 Å². The number of anilines is 1. The highest BCUT2D eigenvalue weighted by Crippen LogP contribution is 2.55. The van der Waals surface area contributed by atoms with Crippen molar-refractivity contribution >= 4 is 33.1 Å². The zero-order chi connectivity index (χ0) is 19.0. The Morgan fingerprint density at radius 3 is 2.57 bits per heavy atom. The molecule has 1 atom stereocenters. The lowest BCUT2D eigenvalue weighted by Gasteiger charge is -2.56. The van der Waals surface area contributed by atoms with E-state index in [1.165, 1.54) is 67.5 Å². The summed E-state index contributed by atoms with van der Waals surface area (Å²) >= 11 is 1.49. The Bertz CT molecular complexity index is 943. The summed E-state index contributed by atoms with van der Waals surface area (Å²) in [4.78, 5) is 19.8. The minimum atomic E-state index is 0.0244. The number of nitrogens with one attached hydrogen (secondary N) is 1. The van der Waals surface area contributed by atoms with Gasteiger partial charge in [-0.25, -0.2) is 4.98 Å². The smallest absolute Gasteiger partial charge is 0.264 e. The van der Waals surface area contributed by atoms with Gasteiger partial charge in [-0.05, 0) is 93.1 Å². The lowest BCUT2D eigenvalue weighted by Crippen LogP contribution is -2.59. The van der Waals surface area contributed by atoms with Crippen LogP contribution in [-0.2, 0) is 12.8 Å². The molecule has 4 fully saturated rings. The van der Waals surface area contributed by atoms with Gasteiger partial charge >= 0.3 is 0 Å². The molecule has 0 spiro atoms. The van der Waals surface area contributed by atoms with Crippen molar-refractivity contribution in [3.63, 3.8) is 0 Å². The highest BCUT2D eigenvalue weighted by atomic mass is 32.1. The van der Waals surface area contributed by atoms with Gasteiger partial charge in [0, 0.05) is 16.6 Å². The Labute approximate surface area is 170 Å². The van der Waals surface area contributed by atoms with E-state index in [4.69, 9.17) is 10.7 Å². The van der Waals surface area contributed by atoms with E-state index in [9.17, 15) is 4.79 Å². The van der Waals surface area contributed by atoms with Gasteiger partial charge in [0.1, 0.15) is 9.71 Å². The van der Waals surface area contributed by atoms with Crippen LogP contribution < -0.4 is 11.1 Å². The summed E-state index contributed by atoms with van der Waals surface area (Å²) in [7, 11) is 0. The van der Waals surface area contributed by atoms with Crippen LogP contribution in [0.5, 0.6) is 0 Å². The van der Waals surface area contributed by atoms with Gasteiger partial charge in [0.05, 0.1) is 5.69 Å². The zero-order valence-corrected chi connectivity index (χ0v) is 17.4. The molecule has 148 valence electrons. The van der Waals surface area contributed by atoms with Crippen molar-refractivity contribution in [1.82, 2.24) is 10.3 Å². The Hall–Kier alpha value is -1.62. The van der Waals surface area contributed by atoms with E-state index in [0.29, 0.717) is 16.5 Å². The number of nitrogens with zero attached hydrogens (tertiary/aromatic N) is 1. The predicted molar refractivity (Wildman–Crippen MR) is 114 cm³/mol. The monoisotopic (exact) mass is 395 g/mol. The molecule has 28 heavy (non-hydrogen) atoms. The van der Waals surface area contributed by atoms with Crippen molar-refractivity contribution in [2.45, 2.75) is 70.3 Å². The Kier molecular flexibility index (Phi) is 3.66. The molecule has 1 unspecified atom stereocenters. The molecule has 0 radical (unpaired) electrons. The van der Waals surface area contributed by atoms with E-state index in [1.807, 2.05) is 0 Å². The highest BCUT2D eigenvalue weighted by molar-refractivity contribution is 7.21. The number of carbonyl (C=O) groups excluding carboxylic acids is 1. The maximum absolute atomic E-state index is 13.3. The third-order valence-corrected chi connectivity index (χ3v) is 9.07. The fourth-order valence-corrected chi connectivity index (χ4v) is 8.09. The number of hydrogen-bond acceptors (Lipinski definition) is 4. The third-order valence-electron chi connectivity index (χ3n) is 7.96. The summed E-state index contributed by atoms with van der Waals surface area (Å²) in [6.07, 6.45) is 11.0. The molecule has 2 aromatic heterocycles. The first-order chi connectivity index (χ1) is 13.5. The largest absolute Gasteiger partial charge is 0.397 e. The Morgan fingerprint density at radius 1 is 1.21 bits per heavy atom. The van der Waals surface area contributed by atoms with Crippen molar-refractivity contribution in [1.29, 1.82) is 0 Å². The fourth-order valence-electron chi connectivity index (χ4n) is 7.10. The minimum Gasteiger partial charge on any atom is -0.397 e. The first-order valence-corrected chi connectivity index (χ1v) is 11.8. The van der Waals surface area contributed by atoms with E-state index in [-0.39, 0.29) is 11.4 Å². The van der Waals surface area contributed by atoms with E-state index in [1.54, 1.807) is 0 Å². The fraction of sp³-hybridized carbons (Fsp3) is 0.652. The number of carbonyl (C=O) groups is 1. The van der Waals surface area contributed by atoms with Crippen LogP contribution in [0, 0.1) is 23.7 Å². The average Bonchev–Trinajstić information content (AvgIpc) is 2.94. The van der Waals surface area contributed by atoms with Crippen LogP contribution in [0.4, 0.5) is 5.69 Å². The molecule has 2 heterocycles. The van der Waals surface area contributed by atoms with Crippen molar-refractivity contribution in [2.75, 3.05) is 5.73 Å². The van der Waals surface area contributed by atoms with Crippen molar-refractivity contribution in [3.05, 3.63) is 22.2 Å². The van der Waals surface area contributed by atoms with Gasteiger partial charge in [-0.3, -0.25) is 4.79 Å². The van der Waals surface area contributed by atoms with Crippen LogP contribution >= 0.6 is 11.3 Å². The summed E-state index contributed by atoms with van der Waals surface area (Å²) in [5.74, 6) is 3.20. The molecule has 5 heteroatoms. The van der Waals surface area contributed by atoms with Crippen LogP contribution in [0.3, 0.4) is 0 Å². The van der Waals surface area contributed by atoms with Gasteiger partial charge in [0.2, 0.25) is 0 Å². The van der Waals surface area contributed by atoms with Crippen LogP contribution in [0.2, 0.25) is 0 Å². The van der Waals surface area contributed by atoms with Crippen molar-refractivity contribution in [3.8, 4) is 0 Å². The first-order valence-electron chi connectivity index (χ1n) is 11.0. The lowest BCUT2D eigenvalue weighted by molar-refractivity contribution is -0.0166. The number of pyridine rings is 1. The number of fused-ring (bicyclic) bond motifs is 2. The number of rotatable bonds is 2. The van der Waals surface area contributed by atoms with Gasteiger partial charge in [-0.1, -0.05) is 6.92 Å². The van der Waals surface area contributed by atoms with Gasteiger partial charge in [0.25, 0.3) is 5.91 Å². The molecule has 3 N–H and O–H groups in total. The topological polar surface area (TPSA) is 68.0 Å². The molecule has 4 nitrogen and oxygen atoms in total. The van der Waals surface area contributed by atoms with Gasteiger partial charge in [0.15, 0.2) is 0 Å². The summed E-state index contributed by atoms with van der Waals surface area (Å²) < 4.78 is 0. The second-order valence-electron chi connectivity index (χ2n) is 10.3. The normalized spacial score (nSPS) is 35.9. The summed E-state index contributed by atoms with van der Waals surface area (Å²) in [6.45, 7) is 2.30. The number of nitrogens with two attached hydrogens (primary N) is 1. The van der Waals surface area contributed by atoms with Crippen molar-refractivity contribution < 1.29 is 4.79 Å². The molecular weight excluding hydrogens is 366 g/mol. The number of hydrogen-bond donors (Lipinski definition) is 2. The summed E-state index contributed by atoms with van der Waals surface area (Å²) in [6, 6.07) is 2.21. The molecule has 1 amide bonds. The SMILES string of the molecule is CC1CCc2nc3sc(C(=O)NC45CC6CC(CC(C6)C4)C5)c(N)c3cc2C1. The molecular formula is C23H29N3OS. The van der Waals surface area contributed by atoms with E-state index < -0.39 is 0 Å². The maximum Gasteiger partial charge on any atom is 0.264 e. The predicted octanol–water partition coefficient (Wildman–Crippen LogP) is 4.70. The minimum absolute atomic E-state index is 0.0244. The van der Waals surface area contributed by atoms with Crippen LogP contribution in [0.1, 0.15) is 72.8 Å². The molecule has 0 saturated heterocycles. The molecule has 7 rings (SSSR count). The third kappa shape index (κ3) is 2.62. The molecule has 0 aromatic carbocycles. The second kappa shape index (κ2) is 5.94. The molecule has 5 aliphatic rings. The van der Waals surface area contributed by atoms with E-state index in [0.717, 1.165) is 40.8 Å². The number of thiophene rings is 1. The molecule has 4 saturated carbocycles. The number of aromatic nitrogens is 1. The maximum atomic E-state index is 13.3. The number of nitrogen functional groups attached to an aromatic ring is 1. The number of aryl methyl sites for hydroxylation is 1. The van der Waals surface area contributed by atoms with Gasteiger partial charge in [-0.2, -0.15) is 0 Å². The number of amides is 1. The average molecular weight is 396 g/mol. The van der Waals surface area contributed by atoms with Crippen LogP contribution in [-0.4, -0.2) is 16.4 Å². The summed E-state index contributed by atoms with van der Waals surface area (Å²) in [5, 5.41) is 4.46. The van der Waals surface area contributed by atoms with Gasteiger partial charge in [-0.15, -0.1) is 11.3 Å². The Morgan fingerprint density at radius 2 is 1.89 bits per heavy atom. The molecule has 0 aliphatic heterocycles. The highest BCUT2D eigenvalue weighted by Gasteiger charge is 2.51.